The Morgan fingerprint density at radius 1 is 1.13 bits per heavy atom. The number of benzene rings is 1. The number of amides is 1. The predicted octanol–water partition coefficient (Wildman–Crippen LogP) is 2.87. The van der Waals surface area contributed by atoms with E-state index in [-0.39, 0.29) is 11.9 Å². The molecule has 1 amide bonds. The van der Waals surface area contributed by atoms with Crippen LogP contribution in [-0.4, -0.2) is 63.7 Å². The van der Waals surface area contributed by atoms with Crippen molar-refractivity contribution in [3.05, 3.63) is 36.2 Å². The van der Waals surface area contributed by atoms with Gasteiger partial charge in [0.1, 0.15) is 16.8 Å². The summed E-state index contributed by atoms with van der Waals surface area (Å²) in [6.45, 7) is 9.95. The number of carbonyl (C=O) groups is 1. The number of methoxy groups -OCH3 is 1. The molecular formula is C22H30N6O2. The minimum Gasteiger partial charge on any atom is -0.497 e. The highest BCUT2D eigenvalue weighted by atomic mass is 16.5. The maximum Gasteiger partial charge on any atom is 0.224 e. The molecule has 1 fully saturated rings. The van der Waals surface area contributed by atoms with E-state index in [0.717, 1.165) is 48.7 Å². The lowest BCUT2D eigenvalue weighted by molar-refractivity contribution is -0.131. The number of ether oxygens (including phenoxy) is 1. The van der Waals surface area contributed by atoms with Gasteiger partial charge in [0.2, 0.25) is 5.91 Å². The fourth-order valence-corrected chi connectivity index (χ4v) is 4.11. The van der Waals surface area contributed by atoms with E-state index in [0.29, 0.717) is 13.0 Å². The van der Waals surface area contributed by atoms with E-state index >= 15 is 0 Å². The van der Waals surface area contributed by atoms with Crippen molar-refractivity contribution in [1.82, 2.24) is 24.5 Å². The molecule has 0 unspecified atom stereocenters. The van der Waals surface area contributed by atoms with E-state index in [4.69, 9.17) is 4.74 Å². The third-order valence-electron chi connectivity index (χ3n) is 5.76. The summed E-state index contributed by atoms with van der Waals surface area (Å²) < 4.78 is 9.14. The monoisotopic (exact) mass is 410 g/mol. The van der Waals surface area contributed by atoms with Crippen LogP contribution >= 0.6 is 0 Å². The SMILES string of the molecule is COc1ccc(N2CCN(C(=O)CCn3ncc4c3c(C)nn4C(C)C)CC2)cc1. The molecule has 160 valence electrons. The van der Waals surface area contributed by atoms with Gasteiger partial charge in [0, 0.05) is 44.3 Å². The standard InChI is InChI=1S/C22H30N6O2/c1-16(2)28-20-15-23-27(22(20)17(3)24-28)10-9-21(29)26-13-11-25(12-14-26)18-5-7-19(30-4)8-6-18/h5-8,15-16H,9-14H2,1-4H3. The van der Waals surface area contributed by atoms with E-state index in [2.05, 4.69) is 41.1 Å². The van der Waals surface area contributed by atoms with Crippen molar-refractivity contribution >= 4 is 22.6 Å². The van der Waals surface area contributed by atoms with Crippen LogP contribution in [0.15, 0.2) is 30.5 Å². The molecule has 1 aliphatic heterocycles. The maximum atomic E-state index is 12.8. The molecule has 0 spiro atoms. The number of anilines is 1. The van der Waals surface area contributed by atoms with Crippen molar-refractivity contribution in [3.8, 4) is 5.75 Å². The van der Waals surface area contributed by atoms with Gasteiger partial charge in [0.25, 0.3) is 0 Å². The topological polar surface area (TPSA) is 68.4 Å². The predicted molar refractivity (Wildman–Crippen MR) is 117 cm³/mol. The van der Waals surface area contributed by atoms with Crippen LogP contribution in [0.1, 0.15) is 32.0 Å². The highest BCUT2D eigenvalue weighted by Crippen LogP contribution is 2.22. The molecule has 1 aliphatic rings. The Bertz CT molecular complexity index is 1010. The fraction of sp³-hybridized carbons (Fsp3) is 0.500. The Balaban J connectivity index is 1.34. The summed E-state index contributed by atoms with van der Waals surface area (Å²) in [6.07, 6.45) is 2.30. The first kappa shape index (κ1) is 20.3. The average Bonchev–Trinajstić information content (AvgIpc) is 3.33. The molecule has 0 aliphatic carbocycles. The molecule has 0 N–H and O–H groups in total. The highest BCUT2D eigenvalue weighted by Gasteiger charge is 2.22. The van der Waals surface area contributed by atoms with Gasteiger partial charge in [0.15, 0.2) is 0 Å². The van der Waals surface area contributed by atoms with Gasteiger partial charge in [-0.25, -0.2) is 0 Å². The summed E-state index contributed by atoms with van der Waals surface area (Å²) in [5, 5.41) is 9.13. The van der Waals surface area contributed by atoms with Gasteiger partial charge in [-0.1, -0.05) is 0 Å². The molecule has 8 nitrogen and oxygen atoms in total. The smallest absolute Gasteiger partial charge is 0.224 e. The number of aromatic nitrogens is 4. The summed E-state index contributed by atoms with van der Waals surface area (Å²) in [6, 6.07) is 8.36. The van der Waals surface area contributed by atoms with Gasteiger partial charge in [-0.15, -0.1) is 0 Å². The molecule has 0 saturated carbocycles. The molecule has 8 heteroatoms. The summed E-state index contributed by atoms with van der Waals surface area (Å²) in [5.74, 6) is 1.04. The normalized spacial score (nSPS) is 14.7. The second-order valence-electron chi connectivity index (χ2n) is 8.04. The van der Waals surface area contributed by atoms with Gasteiger partial charge in [0.05, 0.1) is 25.5 Å². The minimum absolute atomic E-state index is 0.182. The summed E-state index contributed by atoms with van der Waals surface area (Å²) in [4.78, 5) is 17.1. The zero-order valence-corrected chi connectivity index (χ0v) is 18.2. The van der Waals surface area contributed by atoms with Crippen LogP contribution in [0, 0.1) is 6.92 Å². The second kappa shape index (κ2) is 8.38. The largest absolute Gasteiger partial charge is 0.497 e. The Kier molecular flexibility index (Phi) is 5.65. The molecule has 0 atom stereocenters. The van der Waals surface area contributed by atoms with Gasteiger partial charge in [-0.3, -0.25) is 14.2 Å². The number of fused-ring (bicyclic) bond motifs is 1. The number of aryl methyl sites for hydroxylation is 2. The van der Waals surface area contributed by atoms with E-state index in [1.54, 1.807) is 7.11 Å². The number of hydrogen-bond acceptors (Lipinski definition) is 5. The van der Waals surface area contributed by atoms with Gasteiger partial charge < -0.3 is 14.5 Å². The van der Waals surface area contributed by atoms with Gasteiger partial charge in [-0.2, -0.15) is 10.2 Å². The fourth-order valence-electron chi connectivity index (χ4n) is 4.11. The third kappa shape index (κ3) is 3.86. The first-order chi connectivity index (χ1) is 14.5. The van der Waals surface area contributed by atoms with Crippen molar-refractivity contribution in [2.75, 3.05) is 38.2 Å². The number of hydrogen-bond donors (Lipinski definition) is 0. The zero-order chi connectivity index (χ0) is 21.3. The number of rotatable bonds is 6. The lowest BCUT2D eigenvalue weighted by atomic mass is 10.2. The van der Waals surface area contributed by atoms with Crippen molar-refractivity contribution < 1.29 is 9.53 Å². The molecule has 3 heterocycles. The van der Waals surface area contributed by atoms with Crippen molar-refractivity contribution in [3.63, 3.8) is 0 Å². The minimum atomic E-state index is 0.182. The number of piperazine rings is 1. The zero-order valence-electron chi connectivity index (χ0n) is 18.2. The van der Waals surface area contributed by atoms with Gasteiger partial charge >= 0.3 is 0 Å². The molecule has 2 aromatic heterocycles. The highest BCUT2D eigenvalue weighted by molar-refractivity contribution is 5.79. The van der Waals surface area contributed by atoms with Crippen molar-refractivity contribution in [1.29, 1.82) is 0 Å². The molecule has 3 aromatic rings. The Labute approximate surface area is 177 Å². The number of carbonyl (C=O) groups excluding carboxylic acids is 1. The van der Waals surface area contributed by atoms with Crippen LogP contribution in [0.25, 0.3) is 11.0 Å². The van der Waals surface area contributed by atoms with E-state index in [1.165, 1.54) is 5.69 Å². The van der Waals surface area contributed by atoms with Crippen LogP contribution in [0.2, 0.25) is 0 Å². The number of nitrogens with zero attached hydrogens (tertiary/aromatic N) is 6. The van der Waals surface area contributed by atoms with Crippen LogP contribution in [-0.2, 0) is 11.3 Å². The van der Waals surface area contributed by atoms with Gasteiger partial charge in [-0.05, 0) is 45.0 Å². The first-order valence-corrected chi connectivity index (χ1v) is 10.6. The molecule has 0 radical (unpaired) electrons. The first-order valence-electron chi connectivity index (χ1n) is 10.6. The summed E-state index contributed by atoms with van der Waals surface area (Å²) in [5.41, 5.74) is 4.18. The van der Waals surface area contributed by atoms with E-state index in [9.17, 15) is 4.79 Å². The molecular weight excluding hydrogens is 380 g/mol. The van der Waals surface area contributed by atoms with Crippen molar-refractivity contribution in [2.24, 2.45) is 0 Å². The molecule has 1 saturated heterocycles. The van der Waals surface area contributed by atoms with Crippen LogP contribution in [0.5, 0.6) is 5.75 Å². The molecule has 0 bridgehead atoms. The van der Waals surface area contributed by atoms with Crippen molar-refractivity contribution in [2.45, 2.75) is 39.8 Å². The van der Waals surface area contributed by atoms with E-state index in [1.807, 2.05) is 39.5 Å². The van der Waals surface area contributed by atoms with Crippen LogP contribution < -0.4 is 9.64 Å². The van der Waals surface area contributed by atoms with Crippen LogP contribution in [0.3, 0.4) is 0 Å². The van der Waals surface area contributed by atoms with E-state index < -0.39 is 0 Å². The Hall–Kier alpha value is -3.03. The third-order valence-corrected chi connectivity index (χ3v) is 5.76. The Morgan fingerprint density at radius 2 is 1.83 bits per heavy atom. The Morgan fingerprint density at radius 3 is 2.47 bits per heavy atom. The summed E-state index contributed by atoms with van der Waals surface area (Å²) in [7, 11) is 1.67. The lowest BCUT2D eigenvalue weighted by Crippen LogP contribution is -2.49. The summed E-state index contributed by atoms with van der Waals surface area (Å²) >= 11 is 0. The second-order valence-corrected chi connectivity index (χ2v) is 8.04. The van der Waals surface area contributed by atoms with Crippen LogP contribution in [0.4, 0.5) is 5.69 Å². The molecule has 30 heavy (non-hydrogen) atoms. The quantitative estimate of drug-likeness (QED) is 0.625. The average molecular weight is 411 g/mol. The molecule has 1 aromatic carbocycles. The lowest BCUT2D eigenvalue weighted by Gasteiger charge is -2.36. The molecule has 4 rings (SSSR count). The maximum absolute atomic E-state index is 12.8.